The van der Waals surface area contributed by atoms with E-state index in [2.05, 4.69) is 19.0 Å². The Kier molecular flexibility index (Phi) is 6.40. The molecule has 0 saturated carbocycles. The van der Waals surface area contributed by atoms with E-state index in [1.54, 1.807) is 17.0 Å². The molecule has 4 aromatic rings. The molecule has 0 aliphatic heterocycles. The Bertz CT molecular complexity index is 1140. The van der Waals surface area contributed by atoms with Gasteiger partial charge in [0.1, 0.15) is 5.69 Å². The summed E-state index contributed by atoms with van der Waals surface area (Å²) in [6.45, 7) is 4.94. The first kappa shape index (κ1) is 21.4. The second-order valence-corrected chi connectivity index (χ2v) is 8.01. The second kappa shape index (κ2) is 9.56. The second-order valence-electron chi connectivity index (χ2n) is 8.01. The summed E-state index contributed by atoms with van der Waals surface area (Å²) in [6.07, 6.45) is 1.51. The van der Waals surface area contributed by atoms with Gasteiger partial charge in [0.2, 0.25) is 5.88 Å². The smallest absolute Gasteiger partial charge is 0.290 e. The third-order valence-corrected chi connectivity index (χ3v) is 5.49. The summed E-state index contributed by atoms with van der Waals surface area (Å²) >= 11 is 0. The molecule has 0 aliphatic rings. The summed E-state index contributed by atoms with van der Waals surface area (Å²) < 4.78 is 11.2. The van der Waals surface area contributed by atoms with Crippen molar-refractivity contribution in [3.05, 3.63) is 95.9 Å². The Morgan fingerprint density at radius 3 is 2.25 bits per heavy atom. The van der Waals surface area contributed by atoms with Gasteiger partial charge in [0, 0.05) is 25.2 Å². The normalized spacial score (nSPS) is 11.0. The Hall–Kier alpha value is -3.80. The van der Waals surface area contributed by atoms with E-state index in [1.165, 1.54) is 6.26 Å². The summed E-state index contributed by atoms with van der Waals surface area (Å²) in [5, 5.41) is 4.39. The van der Waals surface area contributed by atoms with Gasteiger partial charge < -0.3 is 18.7 Å². The minimum Gasteiger partial charge on any atom is -0.459 e. The van der Waals surface area contributed by atoms with Crippen molar-refractivity contribution < 1.29 is 13.7 Å². The number of nitrogens with zero attached hydrogens (tertiary/aromatic N) is 3. The molecule has 2 heterocycles. The van der Waals surface area contributed by atoms with Gasteiger partial charge in [0.15, 0.2) is 5.76 Å². The number of furan rings is 1. The highest BCUT2D eigenvalue weighted by atomic mass is 16.5. The van der Waals surface area contributed by atoms with Gasteiger partial charge in [-0.05, 0) is 31.5 Å². The minimum absolute atomic E-state index is 0.183. The number of amides is 1. The van der Waals surface area contributed by atoms with Crippen molar-refractivity contribution in [3.8, 4) is 11.3 Å². The van der Waals surface area contributed by atoms with Crippen LogP contribution in [-0.4, -0.2) is 29.1 Å². The van der Waals surface area contributed by atoms with Crippen molar-refractivity contribution in [2.75, 3.05) is 11.9 Å². The Labute approximate surface area is 188 Å². The van der Waals surface area contributed by atoms with Crippen LogP contribution in [0.2, 0.25) is 0 Å². The van der Waals surface area contributed by atoms with Crippen LogP contribution < -0.4 is 4.90 Å². The summed E-state index contributed by atoms with van der Waals surface area (Å²) in [4.78, 5) is 17.2. The van der Waals surface area contributed by atoms with E-state index in [4.69, 9.17) is 8.94 Å². The van der Waals surface area contributed by atoms with Crippen molar-refractivity contribution >= 4 is 11.8 Å². The molecule has 0 saturated heterocycles. The number of hydrogen-bond donors (Lipinski definition) is 0. The summed E-state index contributed by atoms with van der Waals surface area (Å²) in [5.74, 6) is 0.777. The number of rotatable bonds is 8. The maximum absolute atomic E-state index is 13.4. The molecule has 6 heteroatoms. The lowest BCUT2D eigenvalue weighted by Crippen LogP contribution is -2.32. The predicted molar refractivity (Wildman–Crippen MR) is 124 cm³/mol. The first-order chi connectivity index (χ1) is 15.5. The van der Waals surface area contributed by atoms with Gasteiger partial charge in [-0.1, -0.05) is 65.8 Å². The highest BCUT2D eigenvalue weighted by Crippen LogP contribution is 2.33. The number of carbonyl (C=O) groups is 1. The molecule has 2 aromatic heterocycles. The molecule has 0 spiro atoms. The van der Waals surface area contributed by atoms with Gasteiger partial charge in [-0.25, -0.2) is 0 Å². The largest absolute Gasteiger partial charge is 0.459 e. The summed E-state index contributed by atoms with van der Waals surface area (Å²) in [5.41, 5.74) is 3.57. The fourth-order valence-corrected chi connectivity index (χ4v) is 3.53. The van der Waals surface area contributed by atoms with Crippen LogP contribution in [0.1, 0.15) is 35.5 Å². The van der Waals surface area contributed by atoms with Crippen LogP contribution in [0, 0.1) is 0 Å². The lowest BCUT2D eigenvalue weighted by Gasteiger charge is -2.25. The fourth-order valence-electron chi connectivity index (χ4n) is 3.53. The number of aromatic nitrogens is 1. The molecule has 4 rings (SSSR count). The average molecular weight is 430 g/mol. The predicted octanol–water partition coefficient (Wildman–Crippen LogP) is 5.62. The Morgan fingerprint density at radius 1 is 0.938 bits per heavy atom. The van der Waals surface area contributed by atoms with E-state index < -0.39 is 0 Å². The van der Waals surface area contributed by atoms with Crippen molar-refractivity contribution in [2.45, 2.75) is 33.0 Å². The van der Waals surface area contributed by atoms with E-state index in [0.717, 1.165) is 22.4 Å². The van der Waals surface area contributed by atoms with Gasteiger partial charge in [0.05, 0.1) is 18.4 Å². The zero-order chi connectivity index (χ0) is 22.5. The quantitative estimate of drug-likeness (QED) is 0.364. The lowest BCUT2D eigenvalue weighted by atomic mass is 10.1. The zero-order valence-electron chi connectivity index (χ0n) is 18.6. The number of benzene rings is 2. The van der Waals surface area contributed by atoms with Crippen LogP contribution in [0.25, 0.3) is 11.3 Å². The third-order valence-electron chi connectivity index (χ3n) is 5.49. The van der Waals surface area contributed by atoms with E-state index >= 15 is 0 Å². The topological polar surface area (TPSA) is 62.7 Å². The zero-order valence-corrected chi connectivity index (χ0v) is 18.6. The van der Waals surface area contributed by atoms with Gasteiger partial charge in [-0.15, -0.1) is 0 Å². The molecule has 1 amide bonds. The molecule has 0 radical (unpaired) electrons. The molecule has 2 aromatic carbocycles. The van der Waals surface area contributed by atoms with Crippen LogP contribution in [0.4, 0.5) is 5.88 Å². The minimum atomic E-state index is -0.183. The lowest BCUT2D eigenvalue weighted by molar-refractivity contribution is 0.0698. The van der Waals surface area contributed by atoms with Crippen molar-refractivity contribution in [2.24, 2.45) is 0 Å². The molecule has 0 unspecified atom stereocenters. The van der Waals surface area contributed by atoms with Crippen molar-refractivity contribution in [1.29, 1.82) is 0 Å². The van der Waals surface area contributed by atoms with E-state index in [1.807, 2.05) is 72.6 Å². The molecule has 0 aliphatic carbocycles. The van der Waals surface area contributed by atoms with Gasteiger partial charge in [-0.3, -0.25) is 4.79 Å². The highest BCUT2D eigenvalue weighted by Gasteiger charge is 2.27. The van der Waals surface area contributed by atoms with Crippen molar-refractivity contribution in [3.63, 3.8) is 0 Å². The highest BCUT2D eigenvalue weighted by molar-refractivity contribution is 5.91. The number of carbonyl (C=O) groups excluding carboxylic acids is 1. The summed E-state index contributed by atoms with van der Waals surface area (Å²) in [7, 11) is 1.97. The SMILES string of the molecule is CC(C)N(C)c1onc(-c2ccccc2)c1CN(Cc1ccccc1)C(=O)c1ccco1. The molecule has 0 N–H and O–H groups in total. The first-order valence-corrected chi connectivity index (χ1v) is 10.7. The maximum atomic E-state index is 13.4. The van der Waals surface area contributed by atoms with Crippen LogP contribution in [0.5, 0.6) is 0 Å². The average Bonchev–Trinajstić information content (AvgIpc) is 3.49. The van der Waals surface area contributed by atoms with E-state index in [-0.39, 0.29) is 11.9 Å². The summed E-state index contributed by atoms with van der Waals surface area (Å²) in [6, 6.07) is 23.4. The fraction of sp³-hybridized carbons (Fsp3) is 0.231. The van der Waals surface area contributed by atoms with Gasteiger partial charge in [0.25, 0.3) is 5.91 Å². The van der Waals surface area contributed by atoms with Gasteiger partial charge in [-0.2, -0.15) is 0 Å². The Balaban J connectivity index is 1.76. The molecule has 164 valence electrons. The Morgan fingerprint density at radius 2 is 1.62 bits per heavy atom. The van der Waals surface area contributed by atoms with Crippen molar-refractivity contribution in [1.82, 2.24) is 10.1 Å². The molecule has 32 heavy (non-hydrogen) atoms. The van der Waals surface area contributed by atoms with Crippen LogP contribution in [-0.2, 0) is 13.1 Å². The third kappa shape index (κ3) is 4.59. The molecule has 6 nitrogen and oxygen atoms in total. The monoisotopic (exact) mass is 429 g/mol. The number of hydrogen-bond acceptors (Lipinski definition) is 5. The van der Waals surface area contributed by atoms with E-state index in [0.29, 0.717) is 24.7 Å². The van der Waals surface area contributed by atoms with Crippen LogP contribution >= 0.6 is 0 Å². The molecular weight excluding hydrogens is 402 g/mol. The number of anilines is 1. The molecule has 0 fully saturated rings. The molecule has 0 bridgehead atoms. The maximum Gasteiger partial charge on any atom is 0.290 e. The standard InChI is InChI=1S/C26H27N3O3/c1-19(2)28(3)26-22(24(27-32-26)21-13-8-5-9-14-21)18-29(17-20-11-6-4-7-12-20)25(30)23-15-10-16-31-23/h4-16,19H,17-18H2,1-3H3. The van der Waals surface area contributed by atoms with Crippen LogP contribution in [0.15, 0.2) is 88.0 Å². The molecule has 0 atom stereocenters. The molecular formula is C26H27N3O3. The van der Waals surface area contributed by atoms with E-state index in [9.17, 15) is 4.79 Å². The van der Waals surface area contributed by atoms with Crippen LogP contribution in [0.3, 0.4) is 0 Å². The van der Waals surface area contributed by atoms with Gasteiger partial charge >= 0.3 is 0 Å². The first-order valence-electron chi connectivity index (χ1n) is 10.7.